The predicted molar refractivity (Wildman–Crippen MR) is 192 cm³/mol. The van der Waals surface area contributed by atoms with Crippen molar-refractivity contribution in [3.05, 3.63) is 143 Å². The van der Waals surface area contributed by atoms with E-state index in [0.29, 0.717) is 24.2 Å². The molecular weight excluding hydrogens is 548 g/mol. The van der Waals surface area contributed by atoms with Crippen molar-refractivity contribution in [1.29, 1.82) is 5.26 Å². The lowest BCUT2D eigenvalue weighted by atomic mass is 9.93. The number of nitriles is 1. The van der Waals surface area contributed by atoms with Crippen LogP contribution in [0.5, 0.6) is 0 Å². The highest BCUT2D eigenvalue weighted by atomic mass is 16.2. The van der Waals surface area contributed by atoms with Crippen molar-refractivity contribution >= 4 is 16.7 Å². The maximum Gasteiger partial charge on any atom is 0.254 e. The minimum Gasteiger partial charge on any atom is -0.330 e. The highest BCUT2D eigenvalue weighted by molar-refractivity contribution is 5.98. The van der Waals surface area contributed by atoms with E-state index in [9.17, 15) is 10.1 Å². The molecule has 3 heteroatoms. The van der Waals surface area contributed by atoms with Crippen LogP contribution in [0, 0.1) is 18.3 Å². The maximum absolute atomic E-state index is 14.1. The molecule has 0 saturated carbocycles. The van der Waals surface area contributed by atoms with E-state index in [1.54, 1.807) is 0 Å². The first-order chi connectivity index (χ1) is 22.0. The first-order valence-corrected chi connectivity index (χ1v) is 16.4. The minimum atomic E-state index is -0.00325. The normalized spacial score (nSPS) is 11.4. The van der Waals surface area contributed by atoms with Gasteiger partial charge in [-0.1, -0.05) is 126 Å². The average molecular weight is 597 g/mol. The smallest absolute Gasteiger partial charge is 0.254 e. The Labute approximate surface area is 271 Å². The Morgan fingerprint density at radius 1 is 0.889 bits per heavy atom. The monoisotopic (exact) mass is 596 g/mol. The topological polar surface area (TPSA) is 44.1 Å². The predicted octanol–water partition coefficient (Wildman–Crippen LogP) is 11.2. The first-order valence-electron chi connectivity index (χ1n) is 16.4. The number of benzene rings is 4. The van der Waals surface area contributed by atoms with Gasteiger partial charge in [0.1, 0.15) is 0 Å². The third-order valence-corrected chi connectivity index (χ3v) is 7.81. The standard InChI is InChI=1S/C40H42N2O.C2H6/c1-5-8-9-10-11-16-31(7-3)28-42(40(43)35-24-23-33(15-6-2)30(4)25-35)29-32-21-22-36(27-41)39(26-32)38-20-14-18-34-17-12-13-19-37(34)38;1-2/h7,9-14,16-26H,5-6,8,15,28-29H2,1-4H3;1-2H3/b10-9+,16-11-,31-7+;. The molecule has 3 nitrogen and oxygen atoms in total. The fraction of sp³-hybridized carbons (Fsp3) is 0.286. The van der Waals surface area contributed by atoms with Gasteiger partial charge in [-0.15, -0.1) is 0 Å². The van der Waals surface area contributed by atoms with E-state index < -0.39 is 0 Å². The molecule has 0 atom stereocenters. The zero-order valence-electron chi connectivity index (χ0n) is 27.9. The van der Waals surface area contributed by atoms with E-state index in [1.807, 2.05) is 68.1 Å². The molecule has 0 N–H and O–H groups in total. The molecule has 0 aliphatic heterocycles. The Morgan fingerprint density at radius 3 is 2.38 bits per heavy atom. The van der Waals surface area contributed by atoms with Gasteiger partial charge in [0.05, 0.1) is 11.6 Å². The van der Waals surface area contributed by atoms with Crippen LogP contribution in [-0.4, -0.2) is 17.4 Å². The van der Waals surface area contributed by atoms with Crippen LogP contribution in [0.3, 0.4) is 0 Å². The summed E-state index contributed by atoms with van der Waals surface area (Å²) in [5, 5.41) is 12.2. The molecule has 0 unspecified atom stereocenters. The number of rotatable bonds is 12. The summed E-state index contributed by atoms with van der Waals surface area (Å²) < 4.78 is 0. The fourth-order valence-electron chi connectivity index (χ4n) is 5.43. The maximum atomic E-state index is 14.1. The van der Waals surface area contributed by atoms with Crippen LogP contribution in [0.2, 0.25) is 0 Å². The number of unbranched alkanes of at least 4 members (excludes halogenated alkanes) is 1. The number of hydrogen-bond acceptors (Lipinski definition) is 2. The number of fused-ring (bicyclic) bond motifs is 1. The van der Waals surface area contributed by atoms with Crippen molar-refractivity contribution in [3.8, 4) is 17.2 Å². The molecule has 0 fully saturated rings. The van der Waals surface area contributed by atoms with Crippen molar-refractivity contribution in [2.24, 2.45) is 0 Å². The lowest BCUT2D eigenvalue weighted by molar-refractivity contribution is 0.0759. The van der Waals surface area contributed by atoms with Crippen LogP contribution < -0.4 is 0 Å². The Bertz CT molecular complexity index is 1690. The molecule has 0 heterocycles. The van der Waals surface area contributed by atoms with Gasteiger partial charge in [0.25, 0.3) is 5.91 Å². The van der Waals surface area contributed by atoms with E-state index in [1.165, 1.54) is 5.56 Å². The molecule has 4 aromatic carbocycles. The Kier molecular flexibility index (Phi) is 14.1. The molecule has 232 valence electrons. The van der Waals surface area contributed by atoms with Crippen molar-refractivity contribution in [2.75, 3.05) is 6.54 Å². The van der Waals surface area contributed by atoms with Gasteiger partial charge >= 0.3 is 0 Å². The summed E-state index contributed by atoms with van der Waals surface area (Å²) in [6, 6.07) is 28.8. The highest BCUT2D eigenvalue weighted by Crippen LogP contribution is 2.32. The number of allylic oxidation sites excluding steroid dienone is 4. The van der Waals surface area contributed by atoms with Crippen molar-refractivity contribution in [1.82, 2.24) is 4.90 Å². The molecule has 4 aromatic rings. The summed E-state index contributed by atoms with van der Waals surface area (Å²) >= 11 is 0. The van der Waals surface area contributed by atoms with E-state index in [2.05, 4.69) is 93.6 Å². The third-order valence-electron chi connectivity index (χ3n) is 7.81. The molecule has 0 aromatic heterocycles. The van der Waals surface area contributed by atoms with Crippen LogP contribution in [-0.2, 0) is 13.0 Å². The number of carbonyl (C=O) groups excluding carboxylic acids is 1. The Morgan fingerprint density at radius 2 is 1.67 bits per heavy atom. The van der Waals surface area contributed by atoms with Crippen molar-refractivity contribution < 1.29 is 4.79 Å². The van der Waals surface area contributed by atoms with Crippen LogP contribution in [0.4, 0.5) is 0 Å². The van der Waals surface area contributed by atoms with E-state index in [-0.39, 0.29) is 5.91 Å². The fourth-order valence-corrected chi connectivity index (χ4v) is 5.43. The summed E-state index contributed by atoms with van der Waals surface area (Å²) in [6.45, 7) is 13.4. The molecule has 1 amide bonds. The zero-order valence-corrected chi connectivity index (χ0v) is 27.9. The number of amides is 1. The van der Waals surface area contributed by atoms with E-state index in [0.717, 1.165) is 64.3 Å². The van der Waals surface area contributed by atoms with Gasteiger partial charge in [-0.25, -0.2) is 0 Å². The highest BCUT2D eigenvalue weighted by Gasteiger charge is 2.19. The summed E-state index contributed by atoms with van der Waals surface area (Å²) in [5.74, 6) is -0.00325. The molecule has 0 aliphatic rings. The van der Waals surface area contributed by atoms with Crippen LogP contribution >= 0.6 is 0 Å². The summed E-state index contributed by atoms with van der Waals surface area (Å²) in [5.41, 5.74) is 7.71. The largest absolute Gasteiger partial charge is 0.330 e. The van der Waals surface area contributed by atoms with E-state index in [4.69, 9.17) is 0 Å². The van der Waals surface area contributed by atoms with Crippen LogP contribution in [0.25, 0.3) is 21.9 Å². The van der Waals surface area contributed by atoms with Gasteiger partial charge in [0.2, 0.25) is 0 Å². The average Bonchev–Trinajstić information content (AvgIpc) is 3.08. The second-order valence-electron chi connectivity index (χ2n) is 11.0. The molecule has 0 spiro atoms. The SMILES string of the molecule is CC.C\C=C(/C=C\C=C\CCC)CN(Cc1ccc(C#N)c(-c2cccc3ccccc23)c1)C(=O)c1ccc(CCC)c(C)c1. The number of carbonyl (C=O) groups is 1. The Balaban J connectivity index is 0.00000271. The Hall–Kier alpha value is -4.68. The molecule has 0 radical (unpaired) electrons. The summed E-state index contributed by atoms with van der Waals surface area (Å²) in [6.07, 6.45) is 14.7. The molecule has 0 saturated heterocycles. The quantitative estimate of drug-likeness (QED) is 0.153. The van der Waals surface area contributed by atoms with Gasteiger partial charge in [-0.05, 0) is 89.6 Å². The molecule has 0 bridgehead atoms. The van der Waals surface area contributed by atoms with E-state index >= 15 is 0 Å². The summed E-state index contributed by atoms with van der Waals surface area (Å²) in [7, 11) is 0. The van der Waals surface area contributed by atoms with Gasteiger partial charge in [0, 0.05) is 24.2 Å². The van der Waals surface area contributed by atoms with Gasteiger partial charge in [0.15, 0.2) is 0 Å². The van der Waals surface area contributed by atoms with Crippen molar-refractivity contribution in [2.45, 2.75) is 73.8 Å². The molecule has 4 rings (SSSR count). The second-order valence-corrected chi connectivity index (χ2v) is 11.0. The first kappa shape index (κ1) is 34.8. The lowest BCUT2D eigenvalue weighted by Gasteiger charge is -2.25. The van der Waals surface area contributed by atoms with Gasteiger partial charge in [-0.3, -0.25) is 4.79 Å². The zero-order chi connectivity index (χ0) is 32.6. The number of nitrogens with zero attached hydrogens (tertiary/aromatic N) is 2. The van der Waals surface area contributed by atoms with Gasteiger partial charge in [-0.2, -0.15) is 5.26 Å². The second kappa shape index (κ2) is 18.2. The summed E-state index contributed by atoms with van der Waals surface area (Å²) in [4.78, 5) is 16.0. The van der Waals surface area contributed by atoms with Crippen LogP contribution in [0.15, 0.2) is 115 Å². The molecule has 0 aliphatic carbocycles. The number of hydrogen-bond donors (Lipinski definition) is 0. The third kappa shape index (κ3) is 9.40. The lowest BCUT2D eigenvalue weighted by Crippen LogP contribution is -2.32. The van der Waals surface area contributed by atoms with Gasteiger partial charge < -0.3 is 4.90 Å². The number of aryl methyl sites for hydroxylation is 2. The van der Waals surface area contributed by atoms with Crippen LogP contribution in [0.1, 0.15) is 86.5 Å². The van der Waals surface area contributed by atoms with Crippen molar-refractivity contribution in [3.63, 3.8) is 0 Å². The molecular formula is C42H48N2O. The molecule has 45 heavy (non-hydrogen) atoms. The minimum absolute atomic E-state index is 0.00325.